The molecule has 3 rings (SSSR count). The lowest BCUT2D eigenvalue weighted by atomic mass is 10.2. The minimum absolute atomic E-state index is 0.0376. The average molecular weight is 520 g/mol. The molecule has 1 N–H and O–H groups in total. The minimum atomic E-state index is -0.599. The summed E-state index contributed by atoms with van der Waals surface area (Å²) < 4.78 is 13.2. The standard InChI is InChI=1S/C22H20BrClN4O4/c1-13-21(23)14(2)28(27-13)12-20(29)26-25-11-15-8-9-18(19(10-15)31-3)32-22(30)16-6-4-5-7-17(16)24/h4-11H,12H2,1-3H3,(H,26,29)/b25-11+. The molecule has 0 fully saturated rings. The second-order valence-corrected chi connectivity index (χ2v) is 7.92. The average Bonchev–Trinajstić information content (AvgIpc) is 3.01. The highest BCUT2D eigenvalue weighted by molar-refractivity contribution is 9.10. The Bertz CT molecular complexity index is 1190. The number of esters is 1. The maximum absolute atomic E-state index is 12.4. The Hall–Kier alpha value is -3.17. The number of aromatic nitrogens is 2. The van der Waals surface area contributed by atoms with Crippen molar-refractivity contribution in [1.82, 2.24) is 15.2 Å². The summed E-state index contributed by atoms with van der Waals surface area (Å²) in [6.07, 6.45) is 1.46. The van der Waals surface area contributed by atoms with Crippen LogP contribution in [-0.4, -0.2) is 35.0 Å². The van der Waals surface area contributed by atoms with Crippen molar-refractivity contribution in [2.75, 3.05) is 7.11 Å². The molecule has 10 heteroatoms. The van der Waals surface area contributed by atoms with Crippen LogP contribution in [-0.2, 0) is 11.3 Å². The van der Waals surface area contributed by atoms with Crippen LogP contribution in [0.1, 0.15) is 27.3 Å². The van der Waals surface area contributed by atoms with Crippen LogP contribution in [0.15, 0.2) is 52.0 Å². The Morgan fingerprint density at radius 3 is 2.62 bits per heavy atom. The number of nitrogens with one attached hydrogen (secondary N) is 1. The number of nitrogens with zero attached hydrogens (tertiary/aromatic N) is 3. The van der Waals surface area contributed by atoms with E-state index in [0.717, 1.165) is 15.9 Å². The van der Waals surface area contributed by atoms with E-state index in [1.54, 1.807) is 47.1 Å². The number of methoxy groups -OCH3 is 1. The predicted molar refractivity (Wildman–Crippen MR) is 125 cm³/mol. The first-order valence-electron chi connectivity index (χ1n) is 9.46. The van der Waals surface area contributed by atoms with E-state index < -0.39 is 5.97 Å². The molecule has 0 aliphatic heterocycles. The van der Waals surface area contributed by atoms with E-state index in [-0.39, 0.29) is 23.8 Å². The van der Waals surface area contributed by atoms with Crippen LogP contribution in [0.25, 0.3) is 0 Å². The van der Waals surface area contributed by atoms with Crippen LogP contribution < -0.4 is 14.9 Å². The van der Waals surface area contributed by atoms with E-state index in [1.165, 1.54) is 13.3 Å². The van der Waals surface area contributed by atoms with E-state index in [2.05, 4.69) is 31.6 Å². The molecule has 3 aromatic rings. The molecule has 0 bridgehead atoms. The van der Waals surface area contributed by atoms with Gasteiger partial charge in [-0.1, -0.05) is 23.7 Å². The molecule has 2 aromatic carbocycles. The fourth-order valence-corrected chi connectivity index (χ4v) is 3.31. The fraction of sp³-hybridized carbons (Fsp3) is 0.182. The van der Waals surface area contributed by atoms with Gasteiger partial charge >= 0.3 is 5.97 Å². The lowest BCUT2D eigenvalue weighted by Gasteiger charge is -2.10. The van der Waals surface area contributed by atoms with Crippen LogP contribution in [0, 0.1) is 13.8 Å². The van der Waals surface area contributed by atoms with Gasteiger partial charge in [-0.25, -0.2) is 10.2 Å². The summed E-state index contributed by atoms with van der Waals surface area (Å²) in [5.74, 6) is -0.364. The van der Waals surface area contributed by atoms with Gasteiger partial charge in [-0.05, 0) is 65.7 Å². The summed E-state index contributed by atoms with van der Waals surface area (Å²) in [4.78, 5) is 24.5. The Morgan fingerprint density at radius 2 is 1.97 bits per heavy atom. The molecule has 166 valence electrons. The van der Waals surface area contributed by atoms with Gasteiger partial charge < -0.3 is 9.47 Å². The normalized spacial score (nSPS) is 10.9. The Labute approximate surface area is 198 Å². The maximum atomic E-state index is 12.4. The Morgan fingerprint density at radius 1 is 1.22 bits per heavy atom. The molecule has 1 aromatic heterocycles. The number of halogens is 2. The lowest BCUT2D eigenvalue weighted by Crippen LogP contribution is -2.24. The first-order valence-corrected chi connectivity index (χ1v) is 10.6. The molecule has 1 amide bonds. The van der Waals surface area contributed by atoms with Crippen molar-refractivity contribution in [3.8, 4) is 11.5 Å². The molecular formula is C22H20BrClN4O4. The van der Waals surface area contributed by atoms with Crippen molar-refractivity contribution in [2.45, 2.75) is 20.4 Å². The Kier molecular flexibility index (Phi) is 7.66. The Balaban J connectivity index is 1.64. The second-order valence-electron chi connectivity index (χ2n) is 6.72. The molecule has 1 heterocycles. The molecule has 8 nitrogen and oxygen atoms in total. The smallest absolute Gasteiger partial charge is 0.345 e. The van der Waals surface area contributed by atoms with Crippen LogP contribution in [0.2, 0.25) is 5.02 Å². The molecular weight excluding hydrogens is 500 g/mol. The van der Waals surface area contributed by atoms with E-state index in [0.29, 0.717) is 16.3 Å². The van der Waals surface area contributed by atoms with Crippen LogP contribution >= 0.6 is 27.5 Å². The third kappa shape index (κ3) is 5.54. The third-order valence-corrected chi connectivity index (χ3v) is 5.95. The largest absolute Gasteiger partial charge is 0.493 e. The number of aryl methyl sites for hydroxylation is 1. The van der Waals surface area contributed by atoms with Crippen LogP contribution in [0.3, 0.4) is 0 Å². The van der Waals surface area contributed by atoms with Gasteiger partial charge in [0.25, 0.3) is 5.91 Å². The fourth-order valence-electron chi connectivity index (χ4n) is 2.81. The van der Waals surface area contributed by atoms with Gasteiger partial charge in [-0.15, -0.1) is 0 Å². The van der Waals surface area contributed by atoms with E-state index in [9.17, 15) is 9.59 Å². The molecule has 0 saturated carbocycles. The summed E-state index contributed by atoms with van der Waals surface area (Å²) >= 11 is 9.47. The molecule has 0 saturated heterocycles. The van der Waals surface area contributed by atoms with Gasteiger partial charge in [0.05, 0.1) is 39.8 Å². The maximum Gasteiger partial charge on any atom is 0.345 e. The summed E-state index contributed by atoms with van der Waals surface area (Å²) in [5.41, 5.74) is 5.00. The second kappa shape index (κ2) is 10.4. The minimum Gasteiger partial charge on any atom is -0.493 e. The highest BCUT2D eigenvalue weighted by Gasteiger charge is 2.15. The van der Waals surface area contributed by atoms with Gasteiger partial charge in [-0.2, -0.15) is 10.2 Å². The quantitative estimate of drug-likeness (QED) is 0.217. The first kappa shape index (κ1) is 23.5. The molecule has 0 radical (unpaired) electrons. The summed E-state index contributed by atoms with van der Waals surface area (Å²) in [7, 11) is 1.46. The highest BCUT2D eigenvalue weighted by atomic mass is 79.9. The molecule has 0 atom stereocenters. The van der Waals surface area contributed by atoms with Gasteiger partial charge in [0.1, 0.15) is 6.54 Å². The summed E-state index contributed by atoms with van der Waals surface area (Å²) in [6, 6.07) is 11.5. The number of hydrogen-bond acceptors (Lipinski definition) is 6. The summed E-state index contributed by atoms with van der Waals surface area (Å²) in [6.45, 7) is 3.76. The van der Waals surface area contributed by atoms with E-state index >= 15 is 0 Å². The van der Waals surface area contributed by atoms with E-state index in [4.69, 9.17) is 21.1 Å². The number of hydrogen-bond donors (Lipinski definition) is 1. The number of hydrazone groups is 1. The zero-order chi connectivity index (χ0) is 23.3. The highest BCUT2D eigenvalue weighted by Crippen LogP contribution is 2.29. The third-order valence-electron chi connectivity index (χ3n) is 4.47. The van der Waals surface area contributed by atoms with Crippen molar-refractivity contribution in [3.63, 3.8) is 0 Å². The van der Waals surface area contributed by atoms with Gasteiger partial charge in [-0.3, -0.25) is 9.48 Å². The van der Waals surface area contributed by atoms with Crippen molar-refractivity contribution in [3.05, 3.63) is 74.5 Å². The molecule has 0 spiro atoms. The SMILES string of the molecule is COc1cc(/C=N/NC(=O)Cn2nc(C)c(Br)c2C)ccc1OC(=O)c1ccccc1Cl. The van der Waals surface area contributed by atoms with Crippen molar-refractivity contribution in [1.29, 1.82) is 0 Å². The molecule has 0 unspecified atom stereocenters. The topological polar surface area (TPSA) is 94.8 Å². The number of benzene rings is 2. The van der Waals surface area contributed by atoms with Crippen molar-refractivity contribution in [2.24, 2.45) is 5.10 Å². The van der Waals surface area contributed by atoms with Crippen molar-refractivity contribution >= 4 is 45.6 Å². The number of rotatable bonds is 7. The number of ether oxygens (including phenoxy) is 2. The molecule has 0 aliphatic rings. The zero-order valence-corrected chi connectivity index (χ0v) is 19.9. The predicted octanol–water partition coefficient (Wildman–Crippen LogP) is 4.29. The zero-order valence-electron chi connectivity index (χ0n) is 17.6. The first-order chi connectivity index (χ1) is 15.3. The number of amides is 1. The molecule has 32 heavy (non-hydrogen) atoms. The number of carbonyl (C=O) groups is 2. The molecule has 0 aliphatic carbocycles. The van der Waals surface area contributed by atoms with Gasteiger partial charge in [0.15, 0.2) is 11.5 Å². The summed E-state index contributed by atoms with van der Waals surface area (Å²) in [5, 5.41) is 8.55. The number of carbonyl (C=O) groups excluding carboxylic acids is 2. The monoisotopic (exact) mass is 518 g/mol. The van der Waals surface area contributed by atoms with Crippen LogP contribution in [0.5, 0.6) is 11.5 Å². The van der Waals surface area contributed by atoms with Gasteiger partial charge in [0.2, 0.25) is 0 Å². The van der Waals surface area contributed by atoms with Gasteiger partial charge in [0, 0.05) is 0 Å². The van der Waals surface area contributed by atoms with Crippen LogP contribution in [0.4, 0.5) is 0 Å². The van der Waals surface area contributed by atoms with Crippen molar-refractivity contribution < 1.29 is 19.1 Å². The van der Waals surface area contributed by atoms with E-state index in [1.807, 2.05) is 13.8 Å². The lowest BCUT2D eigenvalue weighted by molar-refractivity contribution is -0.121.